The maximum Gasteiger partial charge on any atom is 0.226 e. The van der Waals surface area contributed by atoms with E-state index in [2.05, 4.69) is 22.4 Å². The van der Waals surface area contributed by atoms with Gasteiger partial charge >= 0.3 is 0 Å². The van der Waals surface area contributed by atoms with E-state index < -0.39 is 0 Å². The van der Waals surface area contributed by atoms with Crippen LogP contribution in [0.15, 0.2) is 18.6 Å². The summed E-state index contributed by atoms with van der Waals surface area (Å²) in [7, 11) is 0. The van der Waals surface area contributed by atoms with Crippen LogP contribution >= 0.6 is 0 Å². The average molecular weight is 299 g/mol. The lowest BCUT2D eigenvalue weighted by Crippen LogP contribution is -2.25. The fourth-order valence-electron chi connectivity index (χ4n) is 3.69. The van der Waals surface area contributed by atoms with Crippen molar-refractivity contribution in [3.05, 3.63) is 29.7 Å². The molecule has 0 bridgehead atoms. The van der Waals surface area contributed by atoms with Crippen LogP contribution in [0.2, 0.25) is 0 Å². The number of nitrogens with zero attached hydrogens (tertiary/aromatic N) is 4. The van der Waals surface area contributed by atoms with Crippen molar-refractivity contribution in [3.8, 4) is 0 Å². The van der Waals surface area contributed by atoms with E-state index in [9.17, 15) is 4.79 Å². The van der Waals surface area contributed by atoms with E-state index in [4.69, 9.17) is 0 Å². The summed E-state index contributed by atoms with van der Waals surface area (Å²) >= 11 is 0. The first-order chi connectivity index (χ1) is 10.8. The Kier molecular flexibility index (Phi) is 3.24. The molecule has 1 N–H and O–H groups in total. The van der Waals surface area contributed by atoms with E-state index >= 15 is 0 Å². The zero-order valence-corrected chi connectivity index (χ0v) is 12.8. The highest BCUT2D eigenvalue weighted by atomic mass is 16.1. The van der Waals surface area contributed by atoms with Crippen molar-refractivity contribution >= 4 is 11.7 Å². The van der Waals surface area contributed by atoms with Gasteiger partial charge in [0, 0.05) is 30.6 Å². The van der Waals surface area contributed by atoms with Crippen LogP contribution in [-0.4, -0.2) is 25.5 Å². The van der Waals surface area contributed by atoms with Gasteiger partial charge in [0.1, 0.15) is 5.82 Å². The fraction of sp³-hybridized carbons (Fsp3) is 0.562. The van der Waals surface area contributed by atoms with Crippen LogP contribution < -0.4 is 5.32 Å². The Labute approximate surface area is 129 Å². The molecule has 1 aliphatic carbocycles. The summed E-state index contributed by atoms with van der Waals surface area (Å²) in [4.78, 5) is 12.2. The van der Waals surface area contributed by atoms with Crippen molar-refractivity contribution in [2.24, 2.45) is 0 Å². The molecule has 2 aromatic rings. The standard InChI is InChI=1S/C16H21N5O/c1-2-20-10-11(8-17-20)13-7-15(22)19-16-14(13)9-18-21(16)12-5-3-4-6-12/h8-10,12-13H,2-7H2,1H3,(H,19,22)/t13-/m1/s1. The third kappa shape index (κ3) is 2.14. The molecule has 116 valence electrons. The van der Waals surface area contributed by atoms with Gasteiger partial charge in [0.25, 0.3) is 0 Å². The van der Waals surface area contributed by atoms with Gasteiger partial charge in [-0.2, -0.15) is 10.2 Å². The van der Waals surface area contributed by atoms with Gasteiger partial charge in [-0.25, -0.2) is 4.68 Å². The van der Waals surface area contributed by atoms with Crippen LogP contribution in [-0.2, 0) is 11.3 Å². The summed E-state index contributed by atoms with van der Waals surface area (Å²) in [6.07, 6.45) is 11.1. The largest absolute Gasteiger partial charge is 0.311 e. The fourth-order valence-corrected chi connectivity index (χ4v) is 3.69. The predicted octanol–water partition coefficient (Wildman–Crippen LogP) is 2.69. The van der Waals surface area contributed by atoms with Gasteiger partial charge in [-0.3, -0.25) is 9.48 Å². The minimum absolute atomic E-state index is 0.0687. The Morgan fingerprint density at radius 2 is 2.09 bits per heavy atom. The summed E-state index contributed by atoms with van der Waals surface area (Å²) < 4.78 is 3.94. The van der Waals surface area contributed by atoms with E-state index in [0.29, 0.717) is 12.5 Å². The first-order valence-corrected chi connectivity index (χ1v) is 8.16. The first-order valence-electron chi connectivity index (χ1n) is 8.16. The smallest absolute Gasteiger partial charge is 0.226 e. The summed E-state index contributed by atoms with van der Waals surface area (Å²) in [5, 5.41) is 12.0. The van der Waals surface area contributed by atoms with Crippen molar-refractivity contribution < 1.29 is 4.79 Å². The molecule has 4 rings (SSSR count). The maximum absolute atomic E-state index is 12.2. The van der Waals surface area contributed by atoms with E-state index in [1.165, 1.54) is 12.8 Å². The zero-order chi connectivity index (χ0) is 15.1. The SMILES string of the molecule is CCn1cc([C@H]2CC(=O)Nc3c2cnn3C2CCCC2)cn1. The average Bonchev–Trinajstić information content (AvgIpc) is 3.25. The molecule has 0 saturated heterocycles. The number of aromatic nitrogens is 4. The van der Waals surface area contributed by atoms with Crippen LogP contribution in [0.1, 0.15) is 62.1 Å². The van der Waals surface area contributed by atoms with E-state index in [0.717, 1.165) is 36.3 Å². The third-order valence-corrected chi connectivity index (χ3v) is 4.90. The van der Waals surface area contributed by atoms with Gasteiger partial charge in [-0.15, -0.1) is 0 Å². The number of aryl methyl sites for hydroxylation is 1. The van der Waals surface area contributed by atoms with Crippen LogP contribution in [0, 0.1) is 0 Å². The van der Waals surface area contributed by atoms with Gasteiger partial charge in [-0.1, -0.05) is 12.8 Å². The summed E-state index contributed by atoms with van der Waals surface area (Å²) in [6, 6.07) is 0.432. The summed E-state index contributed by atoms with van der Waals surface area (Å²) in [5.41, 5.74) is 2.23. The lowest BCUT2D eigenvalue weighted by Gasteiger charge is -2.24. The van der Waals surface area contributed by atoms with E-state index in [1.54, 1.807) is 0 Å². The number of hydrogen-bond acceptors (Lipinski definition) is 3. The highest BCUT2D eigenvalue weighted by Crippen LogP contribution is 2.40. The normalized spacial score (nSPS) is 21.9. The Morgan fingerprint density at radius 3 is 2.82 bits per heavy atom. The maximum atomic E-state index is 12.2. The van der Waals surface area contributed by atoms with Crippen LogP contribution in [0.5, 0.6) is 0 Å². The van der Waals surface area contributed by atoms with Crippen LogP contribution in [0.3, 0.4) is 0 Å². The van der Waals surface area contributed by atoms with Gasteiger partial charge in [0.2, 0.25) is 5.91 Å². The highest BCUT2D eigenvalue weighted by molar-refractivity contribution is 5.94. The van der Waals surface area contributed by atoms with Gasteiger partial charge < -0.3 is 5.32 Å². The van der Waals surface area contributed by atoms with Crippen molar-refractivity contribution in [2.45, 2.75) is 57.5 Å². The number of fused-ring (bicyclic) bond motifs is 1. The van der Waals surface area contributed by atoms with E-state index in [1.807, 2.05) is 28.0 Å². The molecule has 1 fully saturated rings. The number of amides is 1. The molecule has 6 heteroatoms. The minimum atomic E-state index is 0.0687. The molecule has 0 spiro atoms. The van der Waals surface area contributed by atoms with Crippen LogP contribution in [0.4, 0.5) is 5.82 Å². The lowest BCUT2D eigenvalue weighted by atomic mass is 9.89. The van der Waals surface area contributed by atoms with Crippen molar-refractivity contribution in [1.82, 2.24) is 19.6 Å². The molecule has 0 radical (unpaired) electrons. The molecule has 2 aromatic heterocycles. The Bertz CT molecular complexity index is 695. The number of anilines is 1. The van der Waals surface area contributed by atoms with E-state index in [-0.39, 0.29) is 11.8 Å². The molecule has 22 heavy (non-hydrogen) atoms. The molecular formula is C16H21N5O. The molecule has 1 aliphatic heterocycles. The number of rotatable bonds is 3. The van der Waals surface area contributed by atoms with Crippen molar-refractivity contribution in [2.75, 3.05) is 5.32 Å². The predicted molar refractivity (Wildman–Crippen MR) is 82.7 cm³/mol. The molecule has 0 unspecified atom stereocenters. The van der Waals surface area contributed by atoms with Crippen molar-refractivity contribution in [1.29, 1.82) is 0 Å². The van der Waals surface area contributed by atoms with Crippen LogP contribution in [0.25, 0.3) is 0 Å². The number of hydrogen-bond donors (Lipinski definition) is 1. The van der Waals surface area contributed by atoms with Gasteiger partial charge in [-0.05, 0) is 25.3 Å². The summed E-state index contributed by atoms with van der Waals surface area (Å²) in [6.45, 7) is 2.90. The quantitative estimate of drug-likeness (QED) is 0.947. The molecule has 0 aromatic carbocycles. The first kappa shape index (κ1) is 13.5. The second kappa shape index (κ2) is 5.26. The molecule has 1 amide bonds. The molecule has 3 heterocycles. The Hall–Kier alpha value is -2.11. The minimum Gasteiger partial charge on any atom is -0.311 e. The molecule has 1 saturated carbocycles. The highest BCUT2D eigenvalue weighted by Gasteiger charge is 2.32. The third-order valence-electron chi connectivity index (χ3n) is 4.90. The zero-order valence-electron chi connectivity index (χ0n) is 12.8. The number of carbonyl (C=O) groups is 1. The molecule has 1 atom stereocenters. The second-order valence-electron chi connectivity index (χ2n) is 6.27. The number of carbonyl (C=O) groups excluding carboxylic acids is 1. The van der Waals surface area contributed by atoms with Gasteiger partial charge in [0.05, 0.1) is 18.4 Å². The Balaban J connectivity index is 1.73. The summed E-state index contributed by atoms with van der Waals surface area (Å²) in [5.74, 6) is 1.04. The molecular weight excluding hydrogens is 278 g/mol. The topological polar surface area (TPSA) is 64.7 Å². The Morgan fingerprint density at radius 1 is 1.27 bits per heavy atom. The number of nitrogens with one attached hydrogen (secondary N) is 1. The molecule has 2 aliphatic rings. The van der Waals surface area contributed by atoms with Gasteiger partial charge in [0.15, 0.2) is 0 Å². The molecule has 6 nitrogen and oxygen atoms in total. The second-order valence-corrected chi connectivity index (χ2v) is 6.27. The monoisotopic (exact) mass is 299 g/mol. The lowest BCUT2D eigenvalue weighted by molar-refractivity contribution is -0.116. The van der Waals surface area contributed by atoms with Crippen molar-refractivity contribution in [3.63, 3.8) is 0 Å².